The number of aliphatic hydroxyl groups excluding tert-OH is 1. The van der Waals surface area contributed by atoms with Crippen LogP contribution in [0.4, 0.5) is 0 Å². The van der Waals surface area contributed by atoms with Gasteiger partial charge in [0, 0.05) is 11.7 Å². The summed E-state index contributed by atoms with van der Waals surface area (Å²) < 4.78 is 5.06. The number of aliphatic hydroxyl groups is 1. The summed E-state index contributed by atoms with van der Waals surface area (Å²) in [7, 11) is 0. The van der Waals surface area contributed by atoms with Crippen molar-refractivity contribution < 1.29 is 9.63 Å². The fourth-order valence-corrected chi connectivity index (χ4v) is 2.56. The van der Waals surface area contributed by atoms with Crippen molar-refractivity contribution in [2.45, 2.75) is 25.4 Å². The molecule has 4 nitrogen and oxygen atoms in total. The van der Waals surface area contributed by atoms with Gasteiger partial charge in [-0.1, -0.05) is 5.16 Å². The van der Waals surface area contributed by atoms with E-state index in [1.807, 2.05) is 11.8 Å². The fraction of sp³-hybridized carbons (Fsp3) is 0.750. The molecule has 0 radical (unpaired) electrons. The Labute approximate surface area is 80.7 Å². The topological polar surface area (TPSA) is 59.2 Å². The quantitative estimate of drug-likeness (QED) is 0.776. The molecule has 1 aliphatic heterocycles. The summed E-state index contributed by atoms with van der Waals surface area (Å²) in [5.41, 5.74) is 0. The van der Waals surface area contributed by atoms with Crippen molar-refractivity contribution in [1.29, 1.82) is 0 Å². The van der Waals surface area contributed by atoms with Gasteiger partial charge in [-0.15, -0.1) is 0 Å². The number of rotatable bonds is 2. The van der Waals surface area contributed by atoms with E-state index in [0.717, 1.165) is 12.2 Å². The maximum Gasteiger partial charge on any atom is 0.230 e. The van der Waals surface area contributed by atoms with Gasteiger partial charge in [0.05, 0.1) is 0 Å². The molecule has 0 spiro atoms. The standard InChI is InChI=1S/C8H12N2O2S/c11-4-7-9-8(12-10-7)6-2-1-3-13-5-6/h6,11H,1-5H2. The average Bonchev–Trinajstić information content (AvgIpc) is 2.67. The van der Waals surface area contributed by atoms with Gasteiger partial charge in [-0.05, 0) is 18.6 Å². The minimum atomic E-state index is -0.136. The predicted molar refractivity (Wildman–Crippen MR) is 49.5 cm³/mol. The Morgan fingerprint density at radius 1 is 1.62 bits per heavy atom. The lowest BCUT2D eigenvalue weighted by atomic mass is 10.1. The van der Waals surface area contributed by atoms with Gasteiger partial charge >= 0.3 is 0 Å². The Morgan fingerprint density at radius 3 is 3.15 bits per heavy atom. The molecule has 5 heteroatoms. The molecule has 1 saturated heterocycles. The molecule has 2 rings (SSSR count). The molecule has 13 heavy (non-hydrogen) atoms. The zero-order valence-corrected chi connectivity index (χ0v) is 8.09. The molecule has 1 atom stereocenters. The van der Waals surface area contributed by atoms with Crippen molar-refractivity contribution >= 4 is 11.8 Å². The van der Waals surface area contributed by atoms with Crippen molar-refractivity contribution in [3.05, 3.63) is 11.7 Å². The summed E-state index contributed by atoms with van der Waals surface area (Å²) in [5, 5.41) is 12.4. The normalized spacial score (nSPS) is 23.3. The lowest BCUT2D eigenvalue weighted by Crippen LogP contribution is -2.08. The molecule has 0 bridgehead atoms. The van der Waals surface area contributed by atoms with Gasteiger partial charge < -0.3 is 9.63 Å². The van der Waals surface area contributed by atoms with Crippen LogP contribution in [0.25, 0.3) is 0 Å². The number of thioether (sulfide) groups is 1. The van der Waals surface area contributed by atoms with E-state index in [0.29, 0.717) is 17.6 Å². The SMILES string of the molecule is OCc1noc(C2CCCSC2)n1. The minimum absolute atomic E-state index is 0.136. The third-order valence-corrected chi connectivity index (χ3v) is 3.35. The van der Waals surface area contributed by atoms with E-state index in [2.05, 4.69) is 10.1 Å². The molecule has 1 aromatic heterocycles. The third-order valence-electron chi connectivity index (χ3n) is 2.13. The first-order valence-corrected chi connectivity index (χ1v) is 5.56. The van der Waals surface area contributed by atoms with Gasteiger partial charge in [-0.25, -0.2) is 0 Å². The van der Waals surface area contributed by atoms with E-state index in [1.54, 1.807) is 0 Å². The fourth-order valence-electron chi connectivity index (χ4n) is 1.43. The van der Waals surface area contributed by atoms with Gasteiger partial charge in [0.15, 0.2) is 5.82 Å². The van der Waals surface area contributed by atoms with E-state index in [-0.39, 0.29) is 6.61 Å². The maximum atomic E-state index is 8.76. The first-order valence-electron chi connectivity index (χ1n) is 4.41. The number of nitrogens with zero attached hydrogens (tertiary/aromatic N) is 2. The van der Waals surface area contributed by atoms with Crippen LogP contribution in [0.1, 0.15) is 30.5 Å². The molecule has 2 heterocycles. The molecular weight excluding hydrogens is 188 g/mol. The smallest absolute Gasteiger partial charge is 0.230 e. The first kappa shape index (κ1) is 9.02. The van der Waals surface area contributed by atoms with Crippen LogP contribution in [-0.4, -0.2) is 26.8 Å². The second-order valence-electron chi connectivity index (χ2n) is 3.12. The van der Waals surface area contributed by atoms with Gasteiger partial charge in [0.25, 0.3) is 0 Å². The van der Waals surface area contributed by atoms with Crippen molar-refractivity contribution in [3.63, 3.8) is 0 Å². The molecule has 0 aliphatic carbocycles. The zero-order chi connectivity index (χ0) is 9.10. The van der Waals surface area contributed by atoms with Gasteiger partial charge in [-0.2, -0.15) is 16.7 Å². The number of aromatic nitrogens is 2. The Bertz CT molecular complexity index is 271. The van der Waals surface area contributed by atoms with Gasteiger partial charge in [0.1, 0.15) is 6.61 Å². The molecule has 1 aliphatic rings. The van der Waals surface area contributed by atoms with E-state index >= 15 is 0 Å². The summed E-state index contributed by atoms with van der Waals surface area (Å²) in [6.07, 6.45) is 2.34. The molecule has 72 valence electrons. The van der Waals surface area contributed by atoms with Crippen LogP contribution < -0.4 is 0 Å². The van der Waals surface area contributed by atoms with Crippen LogP contribution in [0.5, 0.6) is 0 Å². The van der Waals surface area contributed by atoms with Crippen LogP contribution in [-0.2, 0) is 6.61 Å². The average molecular weight is 200 g/mol. The minimum Gasteiger partial charge on any atom is -0.388 e. The predicted octanol–water partition coefficient (Wildman–Crippen LogP) is 1.17. The lowest BCUT2D eigenvalue weighted by molar-refractivity contribution is 0.262. The molecule has 1 aromatic rings. The van der Waals surface area contributed by atoms with Crippen LogP contribution >= 0.6 is 11.8 Å². The maximum absolute atomic E-state index is 8.76. The lowest BCUT2D eigenvalue weighted by Gasteiger charge is -2.16. The molecule has 1 fully saturated rings. The summed E-state index contributed by atoms with van der Waals surface area (Å²) in [6.45, 7) is -0.136. The third kappa shape index (κ3) is 2.03. The summed E-state index contributed by atoms with van der Waals surface area (Å²) in [5.74, 6) is 3.78. The molecular formula is C8H12N2O2S. The van der Waals surface area contributed by atoms with Crippen LogP contribution in [0, 0.1) is 0 Å². The number of hydrogen-bond donors (Lipinski definition) is 1. The van der Waals surface area contributed by atoms with Crippen molar-refractivity contribution in [2.24, 2.45) is 0 Å². The second-order valence-corrected chi connectivity index (χ2v) is 4.27. The monoisotopic (exact) mass is 200 g/mol. The molecule has 0 saturated carbocycles. The van der Waals surface area contributed by atoms with Crippen molar-refractivity contribution in [1.82, 2.24) is 10.1 Å². The summed E-state index contributed by atoms with van der Waals surface area (Å²) in [4.78, 5) is 4.11. The Balaban J connectivity index is 2.05. The van der Waals surface area contributed by atoms with Crippen LogP contribution in [0.2, 0.25) is 0 Å². The zero-order valence-electron chi connectivity index (χ0n) is 7.27. The molecule has 0 amide bonds. The van der Waals surface area contributed by atoms with Crippen LogP contribution in [0.3, 0.4) is 0 Å². The van der Waals surface area contributed by atoms with E-state index in [1.165, 1.54) is 12.2 Å². The van der Waals surface area contributed by atoms with Crippen LogP contribution in [0.15, 0.2) is 4.52 Å². The van der Waals surface area contributed by atoms with E-state index < -0.39 is 0 Å². The largest absolute Gasteiger partial charge is 0.388 e. The van der Waals surface area contributed by atoms with E-state index in [4.69, 9.17) is 9.63 Å². The highest BCUT2D eigenvalue weighted by atomic mass is 32.2. The first-order chi connectivity index (χ1) is 6.40. The Hall–Kier alpha value is -0.550. The van der Waals surface area contributed by atoms with Crippen molar-refractivity contribution in [2.75, 3.05) is 11.5 Å². The van der Waals surface area contributed by atoms with Crippen molar-refractivity contribution in [3.8, 4) is 0 Å². The molecule has 1 N–H and O–H groups in total. The highest BCUT2D eigenvalue weighted by molar-refractivity contribution is 7.99. The van der Waals surface area contributed by atoms with E-state index in [9.17, 15) is 0 Å². The van der Waals surface area contributed by atoms with Gasteiger partial charge in [0.2, 0.25) is 5.89 Å². The highest BCUT2D eigenvalue weighted by Gasteiger charge is 2.21. The summed E-state index contributed by atoms with van der Waals surface area (Å²) >= 11 is 1.92. The Morgan fingerprint density at radius 2 is 2.54 bits per heavy atom. The number of hydrogen-bond acceptors (Lipinski definition) is 5. The highest BCUT2D eigenvalue weighted by Crippen LogP contribution is 2.29. The Kier molecular flexibility index (Phi) is 2.85. The molecule has 1 unspecified atom stereocenters. The van der Waals surface area contributed by atoms with Gasteiger partial charge in [-0.3, -0.25) is 0 Å². The second kappa shape index (κ2) is 4.11. The molecule has 0 aromatic carbocycles. The summed E-state index contributed by atoms with van der Waals surface area (Å²) in [6, 6.07) is 0.